The van der Waals surface area contributed by atoms with Crippen molar-refractivity contribution >= 4 is 5.91 Å². The van der Waals surface area contributed by atoms with Crippen LogP contribution in [0.2, 0.25) is 0 Å². The summed E-state index contributed by atoms with van der Waals surface area (Å²) in [6.45, 7) is 1.51. The van der Waals surface area contributed by atoms with Crippen molar-refractivity contribution in [1.82, 2.24) is 15.1 Å². The lowest BCUT2D eigenvalue weighted by molar-refractivity contribution is -0.137. The van der Waals surface area contributed by atoms with Gasteiger partial charge in [0.1, 0.15) is 6.61 Å². The van der Waals surface area contributed by atoms with Crippen molar-refractivity contribution in [3.63, 3.8) is 0 Å². The zero-order valence-electron chi connectivity index (χ0n) is 14.4. The third kappa shape index (κ3) is 5.11. The van der Waals surface area contributed by atoms with Crippen LogP contribution < -0.4 is 0 Å². The summed E-state index contributed by atoms with van der Waals surface area (Å²) < 4.78 is 16.7. The molecule has 0 N–H and O–H groups in total. The number of amides is 1. The SMILES string of the molecule is CN(Cc1nnc(-c2ccccc2)o1)C(=O)COC[C@@H]1CCCCO1. The summed E-state index contributed by atoms with van der Waals surface area (Å²) in [6, 6.07) is 9.52. The summed E-state index contributed by atoms with van der Waals surface area (Å²) in [5, 5.41) is 8.02. The van der Waals surface area contributed by atoms with Crippen molar-refractivity contribution in [2.75, 3.05) is 26.9 Å². The molecule has 1 saturated heterocycles. The van der Waals surface area contributed by atoms with Crippen molar-refractivity contribution in [2.24, 2.45) is 0 Å². The van der Waals surface area contributed by atoms with Crippen molar-refractivity contribution in [3.8, 4) is 11.5 Å². The molecule has 0 saturated carbocycles. The van der Waals surface area contributed by atoms with E-state index in [1.807, 2.05) is 30.3 Å². The topological polar surface area (TPSA) is 77.7 Å². The number of aromatic nitrogens is 2. The number of benzene rings is 1. The molecule has 3 rings (SSSR count). The molecule has 0 spiro atoms. The number of nitrogens with zero attached hydrogens (tertiary/aromatic N) is 3. The van der Waals surface area contributed by atoms with E-state index in [2.05, 4.69) is 10.2 Å². The number of rotatable bonds is 7. The minimum Gasteiger partial charge on any atom is -0.419 e. The van der Waals surface area contributed by atoms with E-state index in [1.165, 1.54) is 4.90 Å². The molecule has 1 fully saturated rings. The maximum absolute atomic E-state index is 12.1. The van der Waals surface area contributed by atoms with E-state index in [9.17, 15) is 4.79 Å². The summed E-state index contributed by atoms with van der Waals surface area (Å²) in [5.74, 6) is 0.711. The van der Waals surface area contributed by atoms with Crippen LogP contribution in [-0.4, -0.2) is 54.0 Å². The Balaban J connectivity index is 1.44. The summed E-state index contributed by atoms with van der Waals surface area (Å²) in [7, 11) is 1.69. The number of hydrogen-bond acceptors (Lipinski definition) is 6. The van der Waals surface area contributed by atoms with E-state index in [0.717, 1.165) is 31.4 Å². The van der Waals surface area contributed by atoms with Gasteiger partial charge in [0.2, 0.25) is 17.7 Å². The van der Waals surface area contributed by atoms with Crippen molar-refractivity contribution in [3.05, 3.63) is 36.2 Å². The fourth-order valence-electron chi connectivity index (χ4n) is 2.63. The van der Waals surface area contributed by atoms with Crippen LogP contribution in [0, 0.1) is 0 Å². The first-order chi connectivity index (χ1) is 12.2. The number of hydrogen-bond donors (Lipinski definition) is 0. The Morgan fingerprint density at radius 3 is 2.88 bits per heavy atom. The highest BCUT2D eigenvalue weighted by Crippen LogP contribution is 2.17. The van der Waals surface area contributed by atoms with E-state index in [-0.39, 0.29) is 25.2 Å². The summed E-state index contributed by atoms with van der Waals surface area (Å²) in [5.41, 5.74) is 0.853. The van der Waals surface area contributed by atoms with E-state index in [1.54, 1.807) is 7.05 Å². The maximum atomic E-state index is 12.1. The fourth-order valence-corrected chi connectivity index (χ4v) is 2.63. The Kier molecular flexibility index (Phi) is 6.14. The minimum absolute atomic E-state index is 0.0238. The second-order valence-electron chi connectivity index (χ2n) is 6.12. The highest BCUT2D eigenvalue weighted by molar-refractivity contribution is 5.77. The quantitative estimate of drug-likeness (QED) is 0.766. The van der Waals surface area contributed by atoms with Gasteiger partial charge < -0.3 is 18.8 Å². The normalized spacial score (nSPS) is 17.4. The summed E-state index contributed by atoms with van der Waals surface area (Å²) >= 11 is 0. The van der Waals surface area contributed by atoms with Crippen LogP contribution in [0.5, 0.6) is 0 Å². The number of carbonyl (C=O) groups excluding carboxylic acids is 1. The predicted octanol–water partition coefficient (Wildman–Crippen LogP) is 2.28. The maximum Gasteiger partial charge on any atom is 0.248 e. The predicted molar refractivity (Wildman–Crippen MR) is 90.6 cm³/mol. The second-order valence-corrected chi connectivity index (χ2v) is 6.12. The smallest absolute Gasteiger partial charge is 0.248 e. The van der Waals surface area contributed by atoms with Gasteiger partial charge in [-0.15, -0.1) is 10.2 Å². The van der Waals surface area contributed by atoms with Crippen LogP contribution >= 0.6 is 0 Å². The molecule has 0 bridgehead atoms. The molecule has 1 aliphatic rings. The molecule has 134 valence electrons. The van der Waals surface area contributed by atoms with Crippen LogP contribution in [0.3, 0.4) is 0 Å². The van der Waals surface area contributed by atoms with Crippen LogP contribution in [0.4, 0.5) is 0 Å². The second kappa shape index (κ2) is 8.73. The zero-order chi connectivity index (χ0) is 17.5. The van der Waals surface area contributed by atoms with E-state index in [0.29, 0.717) is 18.4 Å². The first-order valence-electron chi connectivity index (χ1n) is 8.53. The third-order valence-electron chi connectivity index (χ3n) is 4.09. The van der Waals surface area contributed by atoms with Gasteiger partial charge >= 0.3 is 0 Å². The number of likely N-dealkylation sites (N-methyl/N-ethyl adjacent to an activating group) is 1. The molecule has 1 atom stereocenters. The first kappa shape index (κ1) is 17.6. The van der Waals surface area contributed by atoms with Crippen molar-refractivity contribution in [1.29, 1.82) is 0 Å². The first-order valence-corrected chi connectivity index (χ1v) is 8.53. The zero-order valence-corrected chi connectivity index (χ0v) is 14.4. The Bertz CT molecular complexity index is 668. The van der Waals surface area contributed by atoms with E-state index < -0.39 is 0 Å². The lowest BCUT2D eigenvalue weighted by atomic mass is 10.1. The lowest BCUT2D eigenvalue weighted by Gasteiger charge is -2.22. The Labute approximate surface area is 146 Å². The molecule has 1 aliphatic heterocycles. The molecular formula is C18H23N3O4. The fraction of sp³-hybridized carbons (Fsp3) is 0.500. The largest absolute Gasteiger partial charge is 0.419 e. The Morgan fingerprint density at radius 1 is 1.28 bits per heavy atom. The molecule has 2 heterocycles. The van der Waals surface area contributed by atoms with Crippen LogP contribution in [0.1, 0.15) is 25.2 Å². The molecule has 1 aromatic heterocycles. The molecular weight excluding hydrogens is 322 g/mol. The minimum atomic E-state index is -0.129. The average molecular weight is 345 g/mol. The summed E-state index contributed by atoms with van der Waals surface area (Å²) in [4.78, 5) is 13.7. The molecule has 7 heteroatoms. The van der Waals surface area contributed by atoms with Gasteiger partial charge in [0.25, 0.3) is 0 Å². The molecule has 0 unspecified atom stereocenters. The molecule has 1 amide bonds. The van der Waals surface area contributed by atoms with E-state index >= 15 is 0 Å². The number of carbonyl (C=O) groups is 1. The summed E-state index contributed by atoms with van der Waals surface area (Å²) in [6.07, 6.45) is 3.36. The molecule has 7 nitrogen and oxygen atoms in total. The van der Waals surface area contributed by atoms with E-state index in [4.69, 9.17) is 13.9 Å². The van der Waals surface area contributed by atoms with Gasteiger partial charge in [-0.05, 0) is 31.4 Å². The van der Waals surface area contributed by atoms with Crippen molar-refractivity contribution in [2.45, 2.75) is 31.9 Å². The van der Waals surface area contributed by atoms with Gasteiger partial charge in [0, 0.05) is 19.2 Å². The average Bonchev–Trinajstić information content (AvgIpc) is 3.12. The molecule has 0 radical (unpaired) electrons. The van der Waals surface area contributed by atoms with Crippen molar-refractivity contribution < 1.29 is 18.7 Å². The standard InChI is InChI=1S/C18H23N3O4/c1-21(17(22)13-23-12-15-9-5-6-10-24-15)11-16-19-20-18(25-16)14-7-3-2-4-8-14/h2-4,7-8,15H,5-6,9-13H2,1H3/t15-/m0/s1. The van der Waals surface area contributed by atoms with Gasteiger partial charge in [-0.2, -0.15) is 0 Å². The van der Waals surface area contributed by atoms with Crippen LogP contribution in [-0.2, 0) is 20.8 Å². The number of ether oxygens (including phenoxy) is 2. The molecule has 0 aliphatic carbocycles. The lowest BCUT2D eigenvalue weighted by Crippen LogP contribution is -2.32. The van der Waals surface area contributed by atoms with Gasteiger partial charge in [0.05, 0.1) is 19.3 Å². The third-order valence-corrected chi connectivity index (χ3v) is 4.09. The van der Waals surface area contributed by atoms with Crippen LogP contribution in [0.15, 0.2) is 34.7 Å². The Morgan fingerprint density at radius 2 is 2.12 bits per heavy atom. The molecule has 1 aromatic carbocycles. The Hall–Kier alpha value is -2.25. The van der Waals surface area contributed by atoms with Crippen LogP contribution in [0.25, 0.3) is 11.5 Å². The molecule has 25 heavy (non-hydrogen) atoms. The van der Waals surface area contributed by atoms with Gasteiger partial charge in [-0.1, -0.05) is 18.2 Å². The monoisotopic (exact) mass is 345 g/mol. The molecule has 2 aromatic rings. The highest BCUT2D eigenvalue weighted by Gasteiger charge is 2.17. The van der Waals surface area contributed by atoms with Gasteiger partial charge in [-0.3, -0.25) is 4.79 Å². The highest BCUT2D eigenvalue weighted by atomic mass is 16.5. The van der Waals surface area contributed by atoms with Gasteiger partial charge in [-0.25, -0.2) is 0 Å². The van der Waals surface area contributed by atoms with Gasteiger partial charge in [0.15, 0.2) is 0 Å².